The summed E-state index contributed by atoms with van der Waals surface area (Å²) < 4.78 is 2.18. The summed E-state index contributed by atoms with van der Waals surface area (Å²) in [5.41, 5.74) is 2.37. The third kappa shape index (κ3) is 1.44. The summed E-state index contributed by atoms with van der Waals surface area (Å²) in [4.78, 5) is 15.7. The fraction of sp³-hybridized carbons (Fsp3) is 0.667. The van der Waals surface area contributed by atoms with Crippen LogP contribution in [0.15, 0.2) is 0 Å². The number of carbonyl (C=O) groups is 1. The number of fused-ring (bicyclic) bond motifs is 1. The van der Waals surface area contributed by atoms with Crippen molar-refractivity contribution in [2.75, 3.05) is 0 Å². The first-order chi connectivity index (χ1) is 7.66. The average molecular weight is 220 g/mol. The molecule has 4 heteroatoms. The van der Waals surface area contributed by atoms with E-state index in [1.54, 1.807) is 0 Å². The van der Waals surface area contributed by atoms with Gasteiger partial charge in [-0.25, -0.2) is 4.98 Å². The van der Waals surface area contributed by atoms with E-state index in [2.05, 4.69) is 9.55 Å². The molecule has 2 heterocycles. The van der Waals surface area contributed by atoms with Gasteiger partial charge in [-0.15, -0.1) is 0 Å². The molecule has 1 saturated carbocycles. The lowest BCUT2D eigenvalue weighted by molar-refractivity contribution is -0.142. The molecule has 2 aliphatic rings. The van der Waals surface area contributed by atoms with Crippen LogP contribution in [0.3, 0.4) is 0 Å². The van der Waals surface area contributed by atoms with E-state index in [-0.39, 0.29) is 5.92 Å². The lowest BCUT2D eigenvalue weighted by Gasteiger charge is -2.22. The topological polar surface area (TPSA) is 55.1 Å². The second-order valence-electron chi connectivity index (χ2n) is 4.96. The van der Waals surface area contributed by atoms with Crippen molar-refractivity contribution in [2.24, 2.45) is 5.92 Å². The molecule has 4 nitrogen and oxygen atoms in total. The molecule has 1 atom stereocenters. The highest BCUT2D eigenvalue weighted by Gasteiger charge is 2.34. The van der Waals surface area contributed by atoms with Gasteiger partial charge in [0.15, 0.2) is 0 Å². The maximum Gasteiger partial charge on any atom is 0.308 e. The fourth-order valence-corrected chi connectivity index (χ4v) is 2.63. The van der Waals surface area contributed by atoms with Crippen LogP contribution in [-0.4, -0.2) is 20.6 Å². The Morgan fingerprint density at radius 1 is 1.44 bits per heavy atom. The number of rotatable bonds is 2. The molecule has 1 N–H and O–H groups in total. The molecule has 0 saturated heterocycles. The quantitative estimate of drug-likeness (QED) is 0.825. The zero-order chi connectivity index (χ0) is 11.3. The van der Waals surface area contributed by atoms with Crippen molar-refractivity contribution in [1.29, 1.82) is 0 Å². The van der Waals surface area contributed by atoms with Gasteiger partial charge in [-0.1, -0.05) is 0 Å². The van der Waals surface area contributed by atoms with Crippen LogP contribution in [0.1, 0.15) is 42.4 Å². The van der Waals surface area contributed by atoms with E-state index in [9.17, 15) is 4.79 Å². The van der Waals surface area contributed by atoms with Gasteiger partial charge in [0.1, 0.15) is 5.82 Å². The molecule has 3 rings (SSSR count). The highest BCUT2D eigenvalue weighted by Crippen LogP contribution is 2.41. The zero-order valence-electron chi connectivity index (χ0n) is 9.44. The van der Waals surface area contributed by atoms with Crippen molar-refractivity contribution in [3.63, 3.8) is 0 Å². The monoisotopic (exact) mass is 220 g/mol. The Hall–Kier alpha value is -1.32. The molecule has 1 aromatic heterocycles. The molecule has 0 spiro atoms. The predicted molar refractivity (Wildman–Crippen MR) is 58.4 cm³/mol. The molecule has 16 heavy (non-hydrogen) atoms. The van der Waals surface area contributed by atoms with E-state index in [0.29, 0.717) is 12.5 Å². The molecule has 1 unspecified atom stereocenters. The second-order valence-corrected chi connectivity index (χ2v) is 4.96. The lowest BCUT2D eigenvalue weighted by atomic mass is 9.97. The number of carboxylic acid groups (broad SMARTS) is 1. The fourth-order valence-electron chi connectivity index (χ4n) is 2.63. The Morgan fingerprint density at radius 2 is 2.19 bits per heavy atom. The summed E-state index contributed by atoms with van der Waals surface area (Å²) in [5, 5.41) is 9.08. The molecule has 1 aromatic rings. The summed E-state index contributed by atoms with van der Waals surface area (Å²) in [6, 6.07) is 0. The molecule has 1 fully saturated rings. The Labute approximate surface area is 94.3 Å². The van der Waals surface area contributed by atoms with Gasteiger partial charge in [0.25, 0.3) is 0 Å². The number of aryl methyl sites for hydroxylation is 1. The van der Waals surface area contributed by atoms with Crippen molar-refractivity contribution in [3.05, 3.63) is 17.2 Å². The molecule has 1 aliphatic heterocycles. The van der Waals surface area contributed by atoms with Gasteiger partial charge in [-0.3, -0.25) is 4.79 Å². The number of carboxylic acids is 1. The standard InChI is InChI=1S/C12H16N2O2/c1-7-10-5-4-9(12(15)16)6-14(10)11(13-7)8-2-3-8/h8-9H,2-6H2,1H3,(H,15,16). The number of aliphatic carboxylic acids is 1. The van der Waals surface area contributed by atoms with E-state index in [4.69, 9.17) is 5.11 Å². The summed E-state index contributed by atoms with van der Waals surface area (Å²) in [6.45, 7) is 2.66. The lowest BCUT2D eigenvalue weighted by Crippen LogP contribution is -2.27. The molecule has 0 bridgehead atoms. The summed E-state index contributed by atoms with van der Waals surface area (Å²) in [5.74, 6) is 0.843. The highest BCUT2D eigenvalue weighted by molar-refractivity contribution is 5.70. The first kappa shape index (κ1) is 9.87. The van der Waals surface area contributed by atoms with E-state index in [1.165, 1.54) is 18.5 Å². The molecule has 0 aromatic carbocycles. The van der Waals surface area contributed by atoms with Crippen molar-refractivity contribution in [1.82, 2.24) is 9.55 Å². The first-order valence-electron chi connectivity index (χ1n) is 5.95. The largest absolute Gasteiger partial charge is 0.481 e. The van der Waals surface area contributed by atoms with E-state index in [0.717, 1.165) is 24.4 Å². The third-order valence-corrected chi connectivity index (χ3v) is 3.73. The highest BCUT2D eigenvalue weighted by atomic mass is 16.4. The van der Waals surface area contributed by atoms with Crippen LogP contribution in [0.4, 0.5) is 0 Å². The maximum absolute atomic E-state index is 11.0. The van der Waals surface area contributed by atoms with Crippen LogP contribution >= 0.6 is 0 Å². The second kappa shape index (κ2) is 3.34. The minimum atomic E-state index is -0.668. The number of nitrogens with zero attached hydrogens (tertiary/aromatic N) is 2. The maximum atomic E-state index is 11.0. The zero-order valence-corrected chi connectivity index (χ0v) is 9.44. The van der Waals surface area contributed by atoms with Crippen molar-refractivity contribution in [2.45, 2.75) is 45.1 Å². The van der Waals surface area contributed by atoms with Gasteiger partial charge in [0.05, 0.1) is 11.6 Å². The SMILES string of the molecule is Cc1nc(C2CC2)n2c1CCC(C(=O)O)C2. The molecule has 0 amide bonds. The average Bonchev–Trinajstić information content (AvgIpc) is 3.04. The Balaban J connectivity index is 1.97. The van der Waals surface area contributed by atoms with Crippen LogP contribution < -0.4 is 0 Å². The van der Waals surface area contributed by atoms with Gasteiger partial charge in [0, 0.05) is 18.2 Å². The van der Waals surface area contributed by atoms with Crippen LogP contribution in [0, 0.1) is 12.8 Å². The van der Waals surface area contributed by atoms with Crippen LogP contribution in [0.5, 0.6) is 0 Å². The Morgan fingerprint density at radius 3 is 2.81 bits per heavy atom. The molecule has 1 aliphatic carbocycles. The van der Waals surface area contributed by atoms with Crippen LogP contribution in [-0.2, 0) is 17.8 Å². The van der Waals surface area contributed by atoms with Crippen molar-refractivity contribution in [3.8, 4) is 0 Å². The summed E-state index contributed by atoms with van der Waals surface area (Å²) >= 11 is 0. The molecular formula is C12H16N2O2. The minimum Gasteiger partial charge on any atom is -0.481 e. The minimum absolute atomic E-state index is 0.224. The Bertz CT molecular complexity index is 446. The van der Waals surface area contributed by atoms with Gasteiger partial charge in [0.2, 0.25) is 0 Å². The van der Waals surface area contributed by atoms with Crippen molar-refractivity contribution < 1.29 is 9.90 Å². The van der Waals surface area contributed by atoms with Gasteiger partial charge < -0.3 is 9.67 Å². The van der Waals surface area contributed by atoms with Gasteiger partial charge in [-0.05, 0) is 32.6 Å². The number of aromatic nitrogens is 2. The van der Waals surface area contributed by atoms with E-state index in [1.807, 2.05) is 6.92 Å². The predicted octanol–water partition coefficient (Wildman–Crippen LogP) is 1.72. The van der Waals surface area contributed by atoms with Gasteiger partial charge >= 0.3 is 5.97 Å². The molecule has 0 radical (unpaired) electrons. The van der Waals surface area contributed by atoms with Gasteiger partial charge in [-0.2, -0.15) is 0 Å². The third-order valence-electron chi connectivity index (χ3n) is 3.73. The molecule has 86 valence electrons. The molecular weight excluding hydrogens is 204 g/mol. The van der Waals surface area contributed by atoms with Crippen LogP contribution in [0.25, 0.3) is 0 Å². The van der Waals surface area contributed by atoms with Crippen LogP contribution in [0.2, 0.25) is 0 Å². The van der Waals surface area contributed by atoms with E-state index < -0.39 is 5.97 Å². The number of hydrogen-bond acceptors (Lipinski definition) is 2. The number of imidazole rings is 1. The normalized spacial score (nSPS) is 24.2. The summed E-state index contributed by atoms with van der Waals surface area (Å²) in [7, 11) is 0. The van der Waals surface area contributed by atoms with Crippen molar-refractivity contribution >= 4 is 5.97 Å². The smallest absolute Gasteiger partial charge is 0.308 e. The number of hydrogen-bond donors (Lipinski definition) is 1. The van der Waals surface area contributed by atoms with E-state index >= 15 is 0 Å². The first-order valence-corrected chi connectivity index (χ1v) is 5.95. The summed E-state index contributed by atoms with van der Waals surface area (Å²) in [6.07, 6.45) is 4.05. The Kier molecular flexibility index (Phi) is 2.06.